The average molecular weight is 125 g/mol. The normalized spacial score (nSPS) is 10.8. The number of rotatable bonds is 5. The van der Waals surface area contributed by atoms with E-state index in [1.807, 2.05) is 0 Å². The molecule has 0 aromatic rings. The van der Waals surface area contributed by atoms with Gasteiger partial charge in [0, 0.05) is 6.20 Å². The highest BCUT2D eigenvalue weighted by atomic mass is 14.5. The quantitative estimate of drug-likeness (QED) is 0.504. The molecule has 0 spiro atoms. The number of unbranched alkanes of at least 4 members (excludes halogenated alkanes) is 4. The zero-order valence-corrected chi connectivity index (χ0v) is 6.14. The molecule has 1 nitrogen and oxygen atoms in total. The third-order valence-electron chi connectivity index (χ3n) is 1.33. The molecule has 0 amide bonds. The molecule has 0 saturated heterocycles. The Kier molecular flexibility index (Phi) is 7.15. The van der Waals surface area contributed by atoms with Crippen LogP contribution < -0.4 is 5.73 Å². The molecule has 2 radical (unpaired) electrons. The molecule has 0 aliphatic carbocycles. The lowest BCUT2D eigenvalue weighted by Gasteiger charge is -1.92. The molecule has 1 heteroatoms. The van der Waals surface area contributed by atoms with Crippen molar-refractivity contribution in [3.05, 3.63) is 12.3 Å². The molecule has 9 heavy (non-hydrogen) atoms. The van der Waals surface area contributed by atoms with Crippen LogP contribution >= 0.6 is 0 Å². The minimum atomic E-state index is 1.02. The second-order valence-electron chi connectivity index (χ2n) is 2.23. The molecular weight excluding hydrogens is 110 g/mol. The Bertz CT molecular complexity index is 67.0. The molecule has 0 heterocycles. The van der Waals surface area contributed by atoms with Crippen LogP contribution in [0.15, 0.2) is 12.3 Å². The van der Waals surface area contributed by atoms with E-state index in [0.717, 1.165) is 12.6 Å². The van der Waals surface area contributed by atoms with Crippen LogP contribution in [0.5, 0.6) is 0 Å². The zero-order chi connectivity index (χ0) is 6.95. The van der Waals surface area contributed by atoms with Crippen LogP contribution in [0.1, 0.15) is 39.0 Å². The van der Waals surface area contributed by atoms with E-state index in [0.29, 0.717) is 0 Å². The van der Waals surface area contributed by atoms with Crippen molar-refractivity contribution in [1.29, 1.82) is 0 Å². The second-order valence-corrected chi connectivity index (χ2v) is 2.23. The summed E-state index contributed by atoms with van der Waals surface area (Å²) in [4.78, 5) is 0. The fourth-order valence-corrected chi connectivity index (χ4v) is 0.764. The van der Waals surface area contributed by atoms with E-state index in [2.05, 4.69) is 6.92 Å². The van der Waals surface area contributed by atoms with E-state index < -0.39 is 0 Å². The van der Waals surface area contributed by atoms with Crippen molar-refractivity contribution in [2.75, 3.05) is 0 Å². The Morgan fingerprint density at radius 2 is 2.00 bits per heavy atom. The first-order chi connectivity index (χ1) is 4.41. The van der Waals surface area contributed by atoms with Crippen molar-refractivity contribution in [3.8, 4) is 0 Å². The van der Waals surface area contributed by atoms with Crippen molar-refractivity contribution < 1.29 is 0 Å². The van der Waals surface area contributed by atoms with Gasteiger partial charge in [0.2, 0.25) is 0 Å². The van der Waals surface area contributed by atoms with Gasteiger partial charge in [-0.05, 0) is 12.8 Å². The molecule has 0 aromatic heterocycles. The Hall–Kier alpha value is -0.460. The molecule has 0 aliphatic heterocycles. The van der Waals surface area contributed by atoms with E-state index in [9.17, 15) is 0 Å². The zero-order valence-electron chi connectivity index (χ0n) is 6.14. The van der Waals surface area contributed by atoms with Gasteiger partial charge in [-0.15, -0.1) is 0 Å². The molecule has 52 valence electrons. The van der Waals surface area contributed by atoms with Crippen LogP contribution in [-0.4, -0.2) is 0 Å². The van der Waals surface area contributed by atoms with Gasteiger partial charge in [0.05, 0.1) is 0 Å². The van der Waals surface area contributed by atoms with Crippen LogP contribution in [-0.2, 0) is 0 Å². The van der Waals surface area contributed by atoms with Gasteiger partial charge in [-0.1, -0.05) is 32.3 Å². The highest BCUT2D eigenvalue weighted by Gasteiger charge is 1.82. The highest BCUT2D eigenvalue weighted by Crippen LogP contribution is 2.01. The van der Waals surface area contributed by atoms with Crippen molar-refractivity contribution in [3.63, 3.8) is 0 Å². The van der Waals surface area contributed by atoms with Gasteiger partial charge in [0.1, 0.15) is 0 Å². The van der Waals surface area contributed by atoms with Gasteiger partial charge in [0.25, 0.3) is 0 Å². The van der Waals surface area contributed by atoms with Gasteiger partial charge in [-0.2, -0.15) is 5.73 Å². The van der Waals surface area contributed by atoms with Crippen LogP contribution in [0.4, 0.5) is 0 Å². The van der Waals surface area contributed by atoms with Crippen molar-refractivity contribution in [1.82, 2.24) is 5.73 Å². The predicted octanol–water partition coefficient (Wildman–Crippen LogP) is 2.54. The van der Waals surface area contributed by atoms with E-state index in [-0.39, 0.29) is 0 Å². The Labute approximate surface area is 57.9 Å². The first kappa shape index (κ1) is 8.54. The van der Waals surface area contributed by atoms with Gasteiger partial charge < -0.3 is 0 Å². The third kappa shape index (κ3) is 7.54. The minimum absolute atomic E-state index is 1.02. The number of allylic oxidation sites excluding steroid dienone is 1. The van der Waals surface area contributed by atoms with Crippen LogP contribution in [0.2, 0.25) is 0 Å². The third-order valence-corrected chi connectivity index (χ3v) is 1.33. The molecule has 0 saturated carbocycles. The first-order valence-electron chi connectivity index (χ1n) is 3.71. The smallest absolute Gasteiger partial charge is 0.0455 e. The average Bonchev–Trinajstić information content (AvgIpc) is 1.89. The fraction of sp³-hybridized carbons (Fsp3) is 0.750. The molecule has 0 unspecified atom stereocenters. The predicted molar refractivity (Wildman–Crippen MR) is 40.0 cm³/mol. The van der Waals surface area contributed by atoms with Crippen LogP contribution in [0.25, 0.3) is 0 Å². The Morgan fingerprint density at radius 1 is 1.22 bits per heavy atom. The van der Waals surface area contributed by atoms with Gasteiger partial charge in [0.15, 0.2) is 0 Å². The SMILES string of the molecule is CCCCCCC=C[N]. The van der Waals surface area contributed by atoms with Crippen LogP contribution in [0.3, 0.4) is 0 Å². The molecule has 0 N–H and O–H groups in total. The maximum absolute atomic E-state index is 8.24. The van der Waals surface area contributed by atoms with Crippen molar-refractivity contribution in [2.45, 2.75) is 39.0 Å². The Morgan fingerprint density at radius 3 is 2.56 bits per heavy atom. The lowest BCUT2D eigenvalue weighted by atomic mass is 10.1. The first-order valence-corrected chi connectivity index (χ1v) is 3.71. The van der Waals surface area contributed by atoms with E-state index in [4.69, 9.17) is 5.73 Å². The summed E-state index contributed by atoms with van der Waals surface area (Å²) in [5.74, 6) is 0. The topological polar surface area (TPSA) is 22.3 Å². The lowest BCUT2D eigenvalue weighted by Crippen LogP contribution is -1.73. The summed E-state index contributed by atoms with van der Waals surface area (Å²) in [6, 6.07) is 0. The van der Waals surface area contributed by atoms with Gasteiger partial charge >= 0.3 is 0 Å². The summed E-state index contributed by atoms with van der Waals surface area (Å²) < 4.78 is 0. The highest BCUT2D eigenvalue weighted by molar-refractivity contribution is 4.74. The van der Waals surface area contributed by atoms with Gasteiger partial charge in [-0.3, -0.25) is 0 Å². The van der Waals surface area contributed by atoms with E-state index in [1.54, 1.807) is 6.08 Å². The largest absolute Gasteiger partial charge is 0.160 e. The standard InChI is InChI=1S/C8H15N/c1-2-3-4-5-6-7-8-9/h7-8H,2-6H2,1H3. The minimum Gasteiger partial charge on any atom is -0.160 e. The number of hydrogen-bond donors (Lipinski definition) is 0. The molecule has 0 aliphatic rings. The lowest BCUT2D eigenvalue weighted by molar-refractivity contribution is 0.674. The molecule has 0 bridgehead atoms. The number of hydrogen-bond acceptors (Lipinski definition) is 0. The molecular formula is C8H15N. The second kappa shape index (κ2) is 7.54. The molecule has 0 atom stereocenters. The maximum Gasteiger partial charge on any atom is 0.0455 e. The fourth-order valence-electron chi connectivity index (χ4n) is 0.764. The maximum atomic E-state index is 8.24. The Balaban J connectivity index is 2.75. The summed E-state index contributed by atoms with van der Waals surface area (Å²) in [7, 11) is 0. The molecule has 0 fully saturated rings. The summed E-state index contributed by atoms with van der Waals surface area (Å²) in [5.41, 5.74) is 8.24. The van der Waals surface area contributed by atoms with E-state index >= 15 is 0 Å². The monoisotopic (exact) mass is 125 g/mol. The van der Waals surface area contributed by atoms with E-state index in [1.165, 1.54) is 25.7 Å². The summed E-state index contributed by atoms with van der Waals surface area (Å²) in [6.45, 7) is 2.20. The number of nitrogens with zero attached hydrogens (tertiary/aromatic N) is 1. The summed E-state index contributed by atoms with van der Waals surface area (Å²) >= 11 is 0. The molecule has 0 rings (SSSR count). The molecule has 0 aromatic carbocycles. The summed E-state index contributed by atoms with van der Waals surface area (Å²) in [6.07, 6.45) is 9.06. The van der Waals surface area contributed by atoms with Gasteiger partial charge in [-0.25, -0.2) is 0 Å². The van der Waals surface area contributed by atoms with Crippen LogP contribution in [0, 0.1) is 0 Å². The van der Waals surface area contributed by atoms with Crippen molar-refractivity contribution >= 4 is 0 Å². The van der Waals surface area contributed by atoms with Crippen molar-refractivity contribution in [2.24, 2.45) is 0 Å². The summed E-state index contributed by atoms with van der Waals surface area (Å²) in [5, 5.41) is 0.